The molecule has 3 N–H and O–H groups in total. The number of hydrogen-bond donors (Lipinski definition) is 2. The quantitative estimate of drug-likeness (QED) is 0.833. The number of carbonyl (C=O) groups excluding carboxylic acids is 1. The van der Waals surface area contributed by atoms with Crippen LogP contribution >= 0.6 is 15.9 Å². The van der Waals surface area contributed by atoms with E-state index in [-0.39, 0.29) is 5.91 Å². The molecule has 0 fully saturated rings. The topological polar surface area (TPSA) is 58.4 Å². The molecule has 0 atom stereocenters. The Bertz CT molecular complexity index is 656. The number of carbonyl (C=O) groups is 1. The minimum Gasteiger partial charge on any atom is -0.397 e. The van der Waals surface area contributed by atoms with E-state index in [1.807, 2.05) is 24.3 Å². The lowest BCUT2D eigenvalue weighted by molar-refractivity contribution is 0.0827. The van der Waals surface area contributed by atoms with Crippen molar-refractivity contribution in [2.24, 2.45) is 0 Å². The number of benzene rings is 2. The predicted molar refractivity (Wildman–Crippen MR) is 90.3 cm³/mol. The molecule has 2 aromatic carbocycles. The predicted octanol–water partition coefficient (Wildman–Crippen LogP) is 3.35. The number of rotatable bonds is 4. The van der Waals surface area contributed by atoms with Crippen molar-refractivity contribution >= 4 is 33.2 Å². The van der Waals surface area contributed by atoms with Gasteiger partial charge in [0.15, 0.2) is 0 Å². The van der Waals surface area contributed by atoms with Crippen LogP contribution in [0.3, 0.4) is 0 Å². The average molecular weight is 348 g/mol. The summed E-state index contributed by atoms with van der Waals surface area (Å²) >= 11 is 3.45. The normalized spacial score (nSPS) is 10.2. The summed E-state index contributed by atoms with van der Waals surface area (Å²) in [5.41, 5.74) is 9.10. The molecule has 0 saturated heterocycles. The molecule has 0 aliphatic heterocycles. The molecule has 4 nitrogen and oxygen atoms in total. The molecule has 0 spiro atoms. The average Bonchev–Trinajstić information content (AvgIpc) is 2.45. The molecule has 5 heteroatoms. The summed E-state index contributed by atoms with van der Waals surface area (Å²) in [5, 5.41) is 3.27. The van der Waals surface area contributed by atoms with Crippen molar-refractivity contribution in [3.8, 4) is 0 Å². The molecule has 0 aliphatic rings. The van der Waals surface area contributed by atoms with Gasteiger partial charge in [0.1, 0.15) is 0 Å². The maximum atomic E-state index is 12.0. The van der Waals surface area contributed by atoms with Crippen LogP contribution in [0.15, 0.2) is 46.9 Å². The highest BCUT2D eigenvalue weighted by atomic mass is 79.9. The number of nitrogens with one attached hydrogen (secondary N) is 1. The van der Waals surface area contributed by atoms with E-state index in [0.717, 1.165) is 15.7 Å². The summed E-state index contributed by atoms with van der Waals surface area (Å²) < 4.78 is 1.03. The largest absolute Gasteiger partial charge is 0.397 e. The van der Waals surface area contributed by atoms with Crippen LogP contribution in [0.2, 0.25) is 0 Å². The first-order chi connectivity index (χ1) is 9.97. The summed E-state index contributed by atoms with van der Waals surface area (Å²) in [6.45, 7) is 0.642. The smallest absolute Gasteiger partial charge is 0.253 e. The number of anilines is 2. The Morgan fingerprint density at radius 1 is 1.24 bits per heavy atom. The second-order valence-corrected chi connectivity index (χ2v) is 5.90. The van der Waals surface area contributed by atoms with E-state index >= 15 is 0 Å². The van der Waals surface area contributed by atoms with Crippen molar-refractivity contribution in [1.29, 1.82) is 0 Å². The number of nitrogens with two attached hydrogens (primary N) is 1. The van der Waals surface area contributed by atoms with Crippen LogP contribution in [-0.4, -0.2) is 24.9 Å². The number of halogens is 1. The minimum atomic E-state index is -0.0412. The van der Waals surface area contributed by atoms with Gasteiger partial charge < -0.3 is 16.0 Å². The van der Waals surface area contributed by atoms with Crippen LogP contribution in [0.25, 0.3) is 0 Å². The van der Waals surface area contributed by atoms with Crippen LogP contribution in [0.4, 0.5) is 11.4 Å². The molecule has 21 heavy (non-hydrogen) atoms. The van der Waals surface area contributed by atoms with E-state index in [1.54, 1.807) is 37.2 Å². The molecule has 0 saturated carbocycles. The first kappa shape index (κ1) is 15.4. The van der Waals surface area contributed by atoms with Gasteiger partial charge in [0.25, 0.3) is 5.91 Å². The highest BCUT2D eigenvalue weighted by Crippen LogP contribution is 2.22. The van der Waals surface area contributed by atoms with Crippen LogP contribution in [0.5, 0.6) is 0 Å². The summed E-state index contributed by atoms with van der Waals surface area (Å²) in [6.07, 6.45) is 0. The van der Waals surface area contributed by atoms with E-state index in [2.05, 4.69) is 21.2 Å². The summed E-state index contributed by atoms with van der Waals surface area (Å²) in [4.78, 5) is 13.5. The molecule has 0 radical (unpaired) electrons. The Hall–Kier alpha value is -2.01. The standard InChI is InChI=1S/C16H18BrN3O/c1-20(2)16(21)12-6-7-14(18)15(9-12)19-10-11-4-3-5-13(17)8-11/h3-9,19H,10,18H2,1-2H3. The Kier molecular flexibility index (Phi) is 4.85. The zero-order valence-corrected chi connectivity index (χ0v) is 13.6. The number of amides is 1. The molecule has 2 aromatic rings. The molecule has 110 valence electrons. The fourth-order valence-corrected chi connectivity index (χ4v) is 2.39. The molecule has 0 aromatic heterocycles. The second-order valence-electron chi connectivity index (χ2n) is 4.99. The van der Waals surface area contributed by atoms with Crippen LogP contribution in [-0.2, 0) is 6.54 Å². The fraction of sp³-hybridized carbons (Fsp3) is 0.188. The van der Waals surface area contributed by atoms with Crippen LogP contribution in [0.1, 0.15) is 15.9 Å². The summed E-state index contributed by atoms with van der Waals surface area (Å²) in [7, 11) is 3.46. The molecule has 0 aliphatic carbocycles. The van der Waals surface area contributed by atoms with Crippen LogP contribution in [0, 0.1) is 0 Å². The van der Waals surface area contributed by atoms with Gasteiger partial charge in [-0.25, -0.2) is 0 Å². The van der Waals surface area contributed by atoms with E-state index in [1.165, 1.54) is 0 Å². The van der Waals surface area contributed by atoms with Gasteiger partial charge in [-0.3, -0.25) is 4.79 Å². The van der Waals surface area contributed by atoms with Crippen molar-refractivity contribution < 1.29 is 4.79 Å². The Labute approximate surface area is 133 Å². The highest BCUT2D eigenvalue weighted by molar-refractivity contribution is 9.10. The lowest BCUT2D eigenvalue weighted by atomic mass is 10.1. The lowest BCUT2D eigenvalue weighted by Gasteiger charge is -2.14. The third kappa shape index (κ3) is 3.98. The van der Waals surface area contributed by atoms with Crippen molar-refractivity contribution in [1.82, 2.24) is 4.90 Å². The first-order valence-corrected chi connectivity index (χ1v) is 7.36. The summed E-state index contributed by atoms with van der Waals surface area (Å²) in [5.74, 6) is -0.0412. The van der Waals surface area contributed by atoms with Crippen LogP contribution < -0.4 is 11.1 Å². The molecular weight excluding hydrogens is 330 g/mol. The van der Waals surface area contributed by atoms with E-state index in [4.69, 9.17) is 5.73 Å². The Balaban J connectivity index is 2.16. The van der Waals surface area contributed by atoms with Gasteiger partial charge >= 0.3 is 0 Å². The van der Waals surface area contributed by atoms with Gasteiger partial charge in [0.2, 0.25) is 0 Å². The third-order valence-corrected chi connectivity index (χ3v) is 3.57. The van der Waals surface area contributed by atoms with Crippen molar-refractivity contribution in [3.05, 3.63) is 58.1 Å². The van der Waals surface area contributed by atoms with Gasteiger partial charge in [-0.15, -0.1) is 0 Å². The first-order valence-electron chi connectivity index (χ1n) is 6.57. The zero-order chi connectivity index (χ0) is 15.4. The lowest BCUT2D eigenvalue weighted by Crippen LogP contribution is -2.21. The maximum Gasteiger partial charge on any atom is 0.253 e. The van der Waals surface area contributed by atoms with Gasteiger partial charge in [-0.1, -0.05) is 28.1 Å². The Morgan fingerprint density at radius 2 is 2.00 bits per heavy atom. The minimum absolute atomic E-state index is 0.0412. The monoisotopic (exact) mass is 347 g/mol. The van der Waals surface area contributed by atoms with Gasteiger partial charge in [0.05, 0.1) is 11.4 Å². The van der Waals surface area contributed by atoms with Crippen molar-refractivity contribution in [2.75, 3.05) is 25.1 Å². The van der Waals surface area contributed by atoms with Gasteiger partial charge in [-0.2, -0.15) is 0 Å². The number of nitrogen functional groups attached to an aromatic ring is 1. The molecule has 1 amide bonds. The fourth-order valence-electron chi connectivity index (χ4n) is 1.94. The number of hydrogen-bond acceptors (Lipinski definition) is 3. The molecule has 2 rings (SSSR count). The molecule has 0 unspecified atom stereocenters. The number of nitrogens with zero attached hydrogens (tertiary/aromatic N) is 1. The van der Waals surface area contributed by atoms with E-state index < -0.39 is 0 Å². The van der Waals surface area contributed by atoms with Crippen molar-refractivity contribution in [2.45, 2.75) is 6.54 Å². The second kappa shape index (κ2) is 6.63. The zero-order valence-electron chi connectivity index (χ0n) is 12.1. The molecule has 0 bridgehead atoms. The SMILES string of the molecule is CN(C)C(=O)c1ccc(N)c(NCc2cccc(Br)c2)c1. The third-order valence-electron chi connectivity index (χ3n) is 3.08. The summed E-state index contributed by atoms with van der Waals surface area (Å²) in [6, 6.07) is 13.3. The van der Waals surface area contributed by atoms with Gasteiger partial charge in [-0.05, 0) is 35.9 Å². The van der Waals surface area contributed by atoms with Gasteiger partial charge in [0, 0.05) is 30.7 Å². The molecule has 0 heterocycles. The Morgan fingerprint density at radius 3 is 2.67 bits per heavy atom. The van der Waals surface area contributed by atoms with E-state index in [9.17, 15) is 4.79 Å². The van der Waals surface area contributed by atoms with Crippen molar-refractivity contribution in [3.63, 3.8) is 0 Å². The maximum absolute atomic E-state index is 12.0. The highest BCUT2D eigenvalue weighted by Gasteiger charge is 2.10. The molecular formula is C16H18BrN3O. The van der Waals surface area contributed by atoms with E-state index in [0.29, 0.717) is 17.8 Å².